The van der Waals surface area contributed by atoms with Crippen LogP contribution in [0, 0.1) is 6.92 Å². The predicted molar refractivity (Wildman–Crippen MR) is 116 cm³/mol. The summed E-state index contributed by atoms with van der Waals surface area (Å²) in [5.41, 5.74) is 1.74. The maximum atomic E-state index is 12.4. The van der Waals surface area contributed by atoms with Crippen molar-refractivity contribution in [2.75, 3.05) is 26.1 Å². The standard InChI is InChI=1S/C24H23NO6/c1-16-11-13-17(14-12-16)31-20-9-5-4-8-19(20)25-22(26)15-30-24(27)18-7-6-10-21(28-2)23(18)29-3/h4-14H,15H2,1-3H3,(H,25,26). The lowest BCUT2D eigenvalue weighted by molar-refractivity contribution is -0.119. The summed E-state index contributed by atoms with van der Waals surface area (Å²) in [7, 11) is 2.89. The van der Waals surface area contributed by atoms with Crippen molar-refractivity contribution in [3.63, 3.8) is 0 Å². The SMILES string of the molecule is COc1cccc(C(=O)OCC(=O)Nc2ccccc2Oc2ccc(C)cc2)c1OC. The molecule has 0 aliphatic rings. The van der Waals surface area contributed by atoms with Crippen LogP contribution in [0.25, 0.3) is 0 Å². The van der Waals surface area contributed by atoms with Crippen molar-refractivity contribution in [3.05, 3.63) is 77.9 Å². The molecule has 0 saturated heterocycles. The smallest absolute Gasteiger partial charge is 0.342 e. The highest BCUT2D eigenvalue weighted by atomic mass is 16.5. The number of anilines is 1. The molecular formula is C24H23NO6. The molecule has 0 spiro atoms. The number of amides is 1. The summed E-state index contributed by atoms with van der Waals surface area (Å²) in [6, 6.07) is 19.4. The van der Waals surface area contributed by atoms with E-state index in [0.29, 0.717) is 22.9 Å². The molecule has 0 bridgehead atoms. The molecule has 0 atom stereocenters. The molecule has 0 aliphatic carbocycles. The molecule has 0 fully saturated rings. The topological polar surface area (TPSA) is 83.1 Å². The first-order valence-electron chi connectivity index (χ1n) is 9.53. The van der Waals surface area contributed by atoms with E-state index < -0.39 is 18.5 Å². The van der Waals surface area contributed by atoms with Gasteiger partial charge in [0.05, 0.1) is 19.9 Å². The highest BCUT2D eigenvalue weighted by Crippen LogP contribution is 2.31. The lowest BCUT2D eigenvalue weighted by Gasteiger charge is -2.13. The van der Waals surface area contributed by atoms with Crippen LogP contribution in [0.15, 0.2) is 66.7 Å². The van der Waals surface area contributed by atoms with E-state index in [1.165, 1.54) is 20.3 Å². The summed E-state index contributed by atoms with van der Waals surface area (Å²) in [5, 5.41) is 2.70. The Morgan fingerprint density at radius 1 is 0.839 bits per heavy atom. The van der Waals surface area contributed by atoms with E-state index >= 15 is 0 Å². The number of aryl methyl sites for hydroxylation is 1. The van der Waals surface area contributed by atoms with Crippen molar-refractivity contribution in [3.8, 4) is 23.0 Å². The maximum Gasteiger partial charge on any atom is 0.342 e. The van der Waals surface area contributed by atoms with Crippen molar-refractivity contribution in [1.82, 2.24) is 0 Å². The van der Waals surface area contributed by atoms with E-state index in [4.69, 9.17) is 18.9 Å². The van der Waals surface area contributed by atoms with Crippen molar-refractivity contribution in [2.45, 2.75) is 6.92 Å². The van der Waals surface area contributed by atoms with Crippen LogP contribution in [-0.4, -0.2) is 32.7 Å². The first kappa shape index (κ1) is 21.7. The molecule has 3 aromatic rings. The van der Waals surface area contributed by atoms with Gasteiger partial charge < -0.3 is 24.3 Å². The lowest BCUT2D eigenvalue weighted by atomic mass is 10.2. The van der Waals surface area contributed by atoms with Gasteiger partial charge >= 0.3 is 5.97 Å². The summed E-state index contributed by atoms with van der Waals surface area (Å²) in [5.74, 6) is 0.547. The summed E-state index contributed by atoms with van der Waals surface area (Å²) >= 11 is 0. The van der Waals surface area contributed by atoms with Crippen LogP contribution in [0.4, 0.5) is 5.69 Å². The Balaban J connectivity index is 1.64. The number of carbonyl (C=O) groups is 2. The minimum absolute atomic E-state index is 0.165. The highest BCUT2D eigenvalue weighted by Gasteiger charge is 2.19. The molecule has 0 saturated carbocycles. The van der Waals surface area contributed by atoms with Gasteiger partial charge in [0.25, 0.3) is 5.91 Å². The number of hydrogen-bond donors (Lipinski definition) is 1. The van der Waals surface area contributed by atoms with Crippen LogP contribution >= 0.6 is 0 Å². The van der Waals surface area contributed by atoms with Crippen molar-refractivity contribution < 1.29 is 28.5 Å². The van der Waals surface area contributed by atoms with Crippen LogP contribution in [-0.2, 0) is 9.53 Å². The average Bonchev–Trinajstić information content (AvgIpc) is 2.79. The van der Waals surface area contributed by atoms with Gasteiger partial charge in [0.15, 0.2) is 23.9 Å². The fourth-order valence-electron chi connectivity index (χ4n) is 2.84. The average molecular weight is 421 g/mol. The van der Waals surface area contributed by atoms with Crippen molar-refractivity contribution in [2.24, 2.45) is 0 Å². The van der Waals surface area contributed by atoms with Gasteiger partial charge in [0.1, 0.15) is 11.3 Å². The second kappa shape index (κ2) is 10.2. The van der Waals surface area contributed by atoms with Crippen LogP contribution in [0.2, 0.25) is 0 Å². The molecule has 7 nitrogen and oxygen atoms in total. The van der Waals surface area contributed by atoms with Crippen LogP contribution in [0.3, 0.4) is 0 Å². The Morgan fingerprint density at radius 3 is 2.26 bits per heavy atom. The van der Waals surface area contributed by atoms with Crippen molar-refractivity contribution >= 4 is 17.6 Å². The summed E-state index contributed by atoms with van der Waals surface area (Å²) in [6.07, 6.45) is 0. The molecule has 160 valence electrons. The third-order valence-electron chi connectivity index (χ3n) is 4.37. The number of para-hydroxylation sites is 3. The summed E-state index contributed by atoms with van der Waals surface area (Å²) < 4.78 is 21.4. The van der Waals surface area contributed by atoms with Gasteiger partial charge in [0, 0.05) is 0 Å². The largest absolute Gasteiger partial charge is 0.493 e. The third kappa shape index (κ3) is 5.54. The number of carbonyl (C=O) groups excluding carboxylic acids is 2. The molecule has 0 unspecified atom stereocenters. The van der Waals surface area contributed by atoms with E-state index in [-0.39, 0.29) is 11.3 Å². The number of rotatable bonds is 8. The first-order chi connectivity index (χ1) is 15.0. The zero-order valence-corrected chi connectivity index (χ0v) is 17.5. The third-order valence-corrected chi connectivity index (χ3v) is 4.37. The Labute approximate surface area is 180 Å². The normalized spacial score (nSPS) is 10.2. The Bertz CT molecular complexity index is 1060. The molecule has 31 heavy (non-hydrogen) atoms. The number of methoxy groups -OCH3 is 2. The van der Waals surface area contributed by atoms with E-state index in [0.717, 1.165) is 5.56 Å². The molecule has 0 aliphatic heterocycles. The van der Waals surface area contributed by atoms with Gasteiger partial charge in [-0.15, -0.1) is 0 Å². The minimum Gasteiger partial charge on any atom is -0.493 e. The molecule has 3 aromatic carbocycles. The van der Waals surface area contributed by atoms with E-state index in [1.807, 2.05) is 31.2 Å². The van der Waals surface area contributed by atoms with Crippen LogP contribution < -0.4 is 19.5 Å². The van der Waals surface area contributed by atoms with Gasteiger partial charge in [-0.05, 0) is 43.3 Å². The minimum atomic E-state index is -0.699. The number of benzene rings is 3. The van der Waals surface area contributed by atoms with Crippen LogP contribution in [0.1, 0.15) is 15.9 Å². The maximum absolute atomic E-state index is 12.4. The molecule has 0 radical (unpaired) electrons. The Kier molecular flexibility index (Phi) is 7.11. The zero-order chi connectivity index (χ0) is 22.2. The summed E-state index contributed by atoms with van der Waals surface area (Å²) in [4.78, 5) is 24.8. The molecule has 1 amide bonds. The van der Waals surface area contributed by atoms with E-state index in [2.05, 4.69) is 5.32 Å². The van der Waals surface area contributed by atoms with Gasteiger partial charge in [-0.25, -0.2) is 4.79 Å². The van der Waals surface area contributed by atoms with E-state index in [9.17, 15) is 9.59 Å². The van der Waals surface area contributed by atoms with Gasteiger partial charge in [-0.3, -0.25) is 4.79 Å². The highest BCUT2D eigenvalue weighted by molar-refractivity contribution is 5.97. The predicted octanol–water partition coefficient (Wildman–Crippen LogP) is 4.60. The molecule has 3 rings (SSSR count). The second-order valence-electron chi connectivity index (χ2n) is 6.58. The van der Waals surface area contributed by atoms with E-state index in [1.54, 1.807) is 36.4 Å². The Morgan fingerprint density at radius 2 is 1.55 bits per heavy atom. The van der Waals surface area contributed by atoms with Gasteiger partial charge in [-0.2, -0.15) is 0 Å². The molecule has 1 N–H and O–H groups in total. The zero-order valence-electron chi connectivity index (χ0n) is 17.5. The lowest BCUT2D eigenvalue weighted by Crippen LogP contribution is -2.21. The van der Waals surface area contributed by atoms with Gasteiger partial charge in [-0.1, -0.05) is 35.9 Å². The molecule has 7 heteroatoms. The fourth-order valence-corrected chi connectivity index (χ4v) is 2.84. The summed E-state index contributed by atoms with van der Waals surface area (Å²) in [6.45, 7) is 1.51. The second-order valence-corrected chi connectivity index (χ2v) is 6.58. The Hall–Kier alpha value is -4.00. The monoisotopic (exact) mass is 421 g/mol. The first-order valence-corrected chi connectivity index (χ1v) is 9.53. The fraction of sp³-hybridized carbons (Fsp3) is 0.167. The number of nitrogens with one attached hydrogen (secondary N) is 1. The van der Waals surface area contributed by atoms with Crippen molar-refractivity contribution in [1.29, 1.82) is 0 Å². The quantitative estimate of drug-likeness (QED) is 0.535. The molecular weight excluding hydrogens is 398 g/mol. The molecule has 0 aromatic heterocycles. The number of esters is 1. The van der Waals surface area contributed by atoms with Gasteiger partial charge in [0.2, 0.25) is 0 Å². The number of ether oxygens (including phenoxy) is 4. The number of hydrogen-bond acceptors (Lipinski definition) is 6. The van der Waals surface area contributed by atoms with Crippen LogP contribution in [0.5, 0.6) is 23.0 Å². The molecule has 0 heterocycles.